The van der Waals surface area contributed by atoms with Crippen LogP contribution in [-0.2, 0) is 6.61 Å². The van der Waals surface area contributed by atoms with Crippen LogP contribution in [0.2, 0.25) is 0 Å². The Bertz CT molecular complexity index is 532. The molecule has 0 atom stereocenters. The van der Waals surface area contributed by atoms with Gasteiger partial charge in [-0.15, -0.1) is 0 Å². The number of hydrogen-bond donors (Lipinski definition) is 1. The van der Waals surface area contributed by atoms with Gasteiger partial charge in [0.05, 0.1) is 19.3 Å². The number of rotatable bonds is 4. The van der Waals surface area contributed by atoms with Crippen molar-refractivity contribution in [1.29, 1.82) is 0 Å². The lowest BCUT2D eigenvalue weighted by atomic mass is 9.99. The molecule has 0 aliphatic rings. The molecule has 1 N–H and O–H groups in total. The maximum atomic E-state index is 9.01. The zero-order chi connectivity index (χ0) is 13.1. The van der Waals surface area contributed by atoms with Crippen molar-refractivity contribution >= 4 is 0 Å². The van der Waals surface area contributed by atoms with Crippen LogP contribution >= 0.6 is 0 Å². The second-order valence-corrected chi connectivity index (χ2v) is 4.46. The summed E-state index contributed by atoms with van der Waals surface area (Å²) in [6, 6.07) is 7.72. The molecule has 4 heteroatoms. The van der Waals surface area contributed by atoms with Crippen molar-refractivity contribution in [3.63, 3.8) is 0 Å². The van der Waals surface area contributed by atoms with Crippen LogP contribution in [-0.4, -0.2) is 17.4 Å². The second kappa shape index (κ2) is 5.23. The summed E-state index contributed by atoms with van der Waals surface area (Å²) in [5.41, 5.74) is 2.57. The second-order valence-electron chi connectivity index (χ2n) is 4.46. The van der Waals surface area contributed by atoms with E-state index in [2.05, 4.69) is 19.0 Å². The van der Waals surface area contributed by atoms with E-state index in [1.807, 2.05) is 18.2 Å². The molecule has 0 saturated heterocycles. The highest BCUT2D eigenvalue weighted by atomic mass is 16.5. The van der Waals surface area contributed by atoms with Gasteiger partial charge in [-0.05, 0) is 23.6 Å². The minimum absolute atomic E-state index is 0.129. The van der Waals surface area contributed by atoms with Crippen LogP contribution in [0.5, 0.6) is 5.75 Å². The lowest BCUT2D eigenvalue weighted by Crippen LogP contribution is -1.92. The molecule has 0 bridgehead atoms. The van der Waals surface area contributed by atoms with E-state index in [4.69, 9.17) is 14.4 Å². The lowest BCUT2D eigenvalue weighted by Gasteiger charge is -2.10. The van der Waals surface area contributed by atoms with E-state index in [0.717, 1.165) is 11.3 Å². The molecule has 18 heavy (non-hydrogen) atoms. The summed E-state index contributed by atoms with van der Waals surface area (Å²) >= 11 is 0. The third-order valence-corrected chi connectivity index (χ3v) is 2.88. The minimum Gasteiger partial charge on any atom is -0.496 e. The van der Waals surface area contributed by atoms with Crippen molar-refractivity contribution in [2.24, 2.45) is 0 Å². The highest BCUT2D eigenvalue weighted by Gasteiger charge is 2.13. The van der Waals surface area contributed by atoms with Crippen molar-refractivity contribution in [3.8, 4) is 17.1 Å². The molecule has 0 spiro atoms. The Morgan fingerprint density at radius 3 is 2.67 bits per heavy atom. The fourth-order valence-corrected chi connectivity index (χ4v) is 1.79. The molecular formula is C14H17NO3. The molecule has 0 unspecified atom stereocenters. The first-order valence-electron chi connectivity index (χ1n) is 5.90. The minimum atomic E-state index is -0.129. The van der Waals surface area contributed by atoms with E-state index in [1.165, 1.54) is 5.56 Å². The molecule has 1 heterocycles. The standard InChI is InChI=1S/C14H17NO3/c1-9(2)10-4-5-13(17-3)12(6-10)14-7-11(8-16)15-18-14/h4-7,9,16H,8H2,1-3H3. The topological polar surface area (TPSA) is 55.5 Å². The molecule has 2 rings (SSSR count). The molecule has 0 saturated carbocycles. The molecule has 2 aromatic rings. The van der Waals surface area contributed by atoms with Gasteiger partial charge in [0.2, 0.25) is 0 Å². The van der Waals surface area contributed by atoms with Crippen LogP contribution in [0.4, 0.5) is 0 Å². The Morgan fingerprint density at radius 1 is 1.33 bits per heavy atom. The molecular weight excluding hydrogens is 230 g/mol. The Kier molecular flexibility index (Phi) is 3.67. The quantitative estimate of drug-likeness (QED) is 0.902. The lowest BCUT2D eigenvalue weighted by molar-refractivity contribution is 0.267. The first-order chi connectivity index (χ1) is 8.65. The third kappa shape index (κ3) is 2.38. The Morgan fingerprint density at radius 2 is 2.11 bits per heavy atom. The van der Waals surface area contributed by atoms with Gasteiger partial charge in [0.1, 0.15) is 11.4 Å². The highest BCUT2D eigenvalue weighted by molar-refractivity contribution is 5.67. The SMILES string of the molecule is COc1ccc(C(C)C)cc1-c1cc(CO)no1. The van der Waals surface area contributed by atoms with Crippen LogP contribution in [0, 0.1) is 0 Å². The number of ether oxygens (including phenoxy) is 1. The van der Waals surface area contributed by atoms with Crippen molar-refractivity contribution < 1.29 is 14.4 Å². The predicted octanol–water partition coefficient (Wildman–Crippen LogP) is 2.97. The van der Waals surface area contributed by atoms with Crippen molar-refractivity contribution in [3.05, 3.63) is 35.5 Å². The van der Waals surface area contributed by atoms with Crippen LogP contribution in [0.25, 0.3) is 11.3 Å². The fourth-order valence-electron chi connectivity index (χ4n) is 1.79. The van der Waals surface area contributed by atoms with Gasteiger partial charge in [0.15, 0.2) is 5.76 Å². The first kappa shape index (κ1) is 12.6. The summed E-state index contributed by atoms with van der Waals surface area (Å²) in [6.45, 7) is 4.13. The Labute approximate surface area is 106 Å². The number of aliphatic hydroxyl groups excluding tert-OH is 1. The smallest absolute Gasteiger partial charge is 0.170 e. The van der Waals surface area contributed by atoms with Crippen LogP contribution < -0.4 is 4.74 Å². The van der Waals surface area contributed by atoms with Gasteiger partial charge < -0.3 is 14.4 Å². The molecule has 0 aliphatic carbocycles. The molecule has 1 aromatic carbocycles. The van der Waals surface area contributed by atoms with E-state index in [1.54, 1.807) is 13.2 Å². The zero-order valence-corrected chi connectivity index (χ0v) is 10.8. The predicted molar refractivity (Wildman–Crippen MR) is 68.5 cm³/mol. The van der Waals surface area contributed by atoms with E-state index in [0.29, 0.717) is 17.4 Å². The number of nitrogens with zero attached hydrogens (tertiary/aromatic N) is 1. The average molecular weight is 247 g/mol. The van der Waals surface area contributed by atoms with Crippen molar-refractivity contribution in [2.75, 3.05) is 7.11 Å². The highest BCUT2D eigenvalue weighted by Crippen LogP contribution is 2.33. The van der Waals surface area contributed by atoms with Crippen molar-refractivity contribution in [2.45, 2.75) is 26.4 Å². The monoisotopic (exact) mass is 247 g/mol. The average Bonchev–Trinajstić information content (AvgIpc) is 2.86. The number of aromatic nitrogens is 1. The van der Waals surface area contributed by atoms with E-state index < -0.39 is 0 Å². The molecule has 96 valence electrons. The van der Waals surface area contributed by atoms with Gasteiger partial charge in [-0.3, -0.25) is 0 Å². The van der Waals surface area contributed by atoms with Crippen LogP contribution in [0.1, 0.15) is 31.0 Å². The maximum absolute atomic E-state index is 9.01. The van der Waals surface area contributed by atoms with Gasteiger partial charge in [-0.1, -0.05) is 25.1 Å². The third-order valence-electron chi connectivity index (χ3n) is 2.88. The van der Waals surface area contributed by atoms with E-state index >= 15 is 0 Å². The van der Waals surface area contributed by atoms with Crippen molar-refractivity contribution in [1.82, 2.24) is 5.16 Å². The van der Waals surface area contributed by atoms with Crippen LogP contribution in [0.3, 0.4) is 0 Å². The summed E-state index contributed by atoms with van der Waals surface area (Å²) in [5, 5.41) is 12.8. The zero-order valence-electron chi connectivity index (χ0n) is 10.8. The largest absolute Gasteiger partial charge is 0.496 e. The number of benzene rings is 1. The van der Waals surface area contributed by atoms with Gasteiger partial charge in [0.25, 0.3) is 0 Å². The number of methoxy groups -OCH3 is 1. The summed E-state index contributed by atoms with van der Waals surface area (Å²) in [7, 11) is 1.62. The van der Waals surface area contributed by atoms with Gasteiger partial charge in [-0.25, -0.2) is 0 Å². The summed E-state index contributed by atoms with van der Waals surface area (Å²) in [4.78, 5) is 0. The summed E-state index contributed by atoms with van der Waals surface area (Å²) in [6.07, 6.45) is 0. The van der Waals surface area contributed by atoms with E-state index in [-0.39, 0.29) is 6.61 Å². The molecule has 0 radical (unpaired) electrons. The van der Waals surface area contributed by atoms with Gasteiger partial charge in [-0.2, -0.15) is 0 Å². The van der Waals surface area contributed by atoms with E-state index in [9.17, 15) is 0 Å². The first-order valence-corrected chi connectivity index (χ1v) is 5.90. The molecule has 1 aromatic heterocycles. The number of hydrogen-bond acceptors (Lipinski definition) is 4. The molecule has 4 nitrogen and oxygen atoms in total. The maximum Gasteiger partial charge on any atom is 0.170 e. The molecule has 0 amide bonds. The fraction of sp³-hybridized carbons (Fsp3) is 0.357. The Hall–Kier alpha value is -1.81. The molecule has 0 fully saturated rings. The van der Waals surface area contributed by atoms with Gasteiger partial charge >= 0.3 is 0 Å². The van der Waals surface area contributed by atoms with Gasteiger partial charge in [0, 0.05) is 6.07 Å². The normalized spacial score (nSPS) is 10.9. The summed E-state index contributed by atoms with van der Waals surface area (Å²) in [5.74, 6) is 1.77. The van der Waals surface area contributed by atoms with Crippen LogP contribution in [0.15, 0.2) is 28.8 Å². The molecule has 0 aliphatic heterocycles. The number of aliphatic hydroxyl groups is 1. The Balaban J connectivity index is 2.49. The summed E-state index contributed by atoms with van der Waals surface area (Å²) < 4.78 is 10.6.